The van der Waals surface area contributed by atoms with Crippen LogP contribution >= 0.6 is 11.8 Å². The molecule has 0 fully saturated rings. The summed E-state index contributed by atoms with van der Waals surface area (Å²) in [5, 5.41) is 23.3. The van der Waals surface area contributed by atoms with Gasteiger partial charge in [-0.3, -0.25) is 4.98 Å². The second-order valence-corrected chi connectivity index (χ2v) is 4.05. The number of nitrogens with zero attached hydrogens (tertiary/aromatic N) is 6. The zero-order valence-corrected chi connectivity index (χ0v) is 9.66. The number of pyridine rings is 1. The van der Waals surface area contributed by atoms with Gasteiger partial charge in [-0.2, -0.15) is 0 Å². The molecular formula is C8H9N7OS. The minimum atomic E-state index is 0.0185. The Bertz CT molecular complexity index is 552. The van der Waals surface area contributed by atoms with Gasteiger partial charge >= 0.3 is 0 Å². The van der Waals surface area contributed by atoms with Crippen molar-refractivity contribution in [1.82, 2.24) is 25.2 Å². The van der Waals surface area contributed by atoms with Crippen LogP contribution in [0.25, 0.3) is 0 Å². The van der Waals surface area contributed by atoms with Crippen LogP contribution in [-0.4, -0.2) is 36.2 Å². The molecule has 0 aliphatic heterocycles. The van der Waals surface area contributed by atoms with E-state index in [4.69, 9.17) is 10.9 Å². The first-order valence-electron chi connectivity index (χ1n) is 4.54. The number of oxime groups is 1. The average Bonchev–Trinajstić information content (AvgIpc) is 2.75. The van der Waals surface area contributed by atoms with Gasteiger partial charge in [-0.1, -0.05) is 5.16 Å². The third kappa shape index (κ3) is 2.33. The largest absolute Gasteiger partial charge is 0.409 e. The Labute approximate surface area is 101 Å². The van der Waals surface area contributed by atoms with Crippen molar-refractivity contribution in [3.63, 3.8) is 0 Å². The molecule has 9 heteroatoms. The Morgan fingerprint density at radius 2 is 2.41 bits per heavy atom. The first kappa shape index (κ1) is 11.3. The van der Waals surface area contributed by atoms with Crippen LogP contribution in [0.15, 0.2) is 33.7 Å². The average molecular weight is 251 g/mol. The number of hydrogen-bond acceptors (Lipinski definition) is 7. The maximum Gasteiger partial charge on any atom is 0.213 e. The number of nitrogens with two attached hydrogens (primary N) is 1. The molecule has 0 unspecified atom stereocenters. The van der Waals surface area contributed by atoms with Gasteiger partial charge in [-0.05, 0) is 28.3 Å². The van der Waals surface area contributed by atoms with Crippen molar-refractivity contribution in [2.45, 2.75) is 10.1 Å². The highest BCUT2D eigenvalue weighted by molar-refractivity contribution is 7.99. The monoisotopic (exact) mass is 251 g/mol. The highest BCUT2D eigenvalue weighted by Crippen LogP contribution is 2.27. The van der Waals surface area contributed by atoms with E-state index >= 15 is 0 Å². The highest BCUT2D eigenvalue weighted by atomic mass is 32.2. The van der Waals surface area contributed by atoms with E-state index in [1.54, 1.807) is 25.5 Å². The fraction of sp³-hybridized carbons (Fsp3) is 0.125. The number of hydrogen-bond donors (Lipinski definition) is 2. The smallest absolute Gasteiger partial charge is 0.213 e. The van der Waals surface area contributed by atoms with E-state index in [-0.39, 0.29) is 5.84 Å². The van der Waals surface area contributed by atoms with Crippen molar-refractivity contribution in [3.05, 3.63) is 24.0 Å². The van der Waals surface area contributed by atoms with Crippen LogP contribution in [0.3, 0.4) is 0 Å². The Morgan fingerprint density at radius 3 is 3.06 bits per heavy atom. The van der Waals surface area contributed by atoms with Gasteiger partial charge in [0.05, 0.1) is 0 Å². The molecule has 0 bridgehead atoms. The lowest BCUT2D eigenvalue weighted by Gasteiger charge is -2.05. The molecular weight excluding hydrogens is 242 g/mol. The molecule has 0 radical (unpaired) electrons. The van der Waals surface area contributed by atoms with Crippen molar-refractivity contribution < 1.29 is 5.21 Å². The van der Waals surface area contributed by atoms with Gasteiger partial charge in [0.25, 0.3) is 0 Å². The van der Waals surface area contributed by atoms with Crippen LogP contribution in [0.2, 0.25) is 0 Å². The van der Waals surface area contributed by atoms with Crippen LogP contribution in [0.4, 0.5) is 0 Å². The third-order valence-electron chi connectivity index (χ3n) is 1.95. The first-order valence-corrected chi connectivity index (χ1v) is 5.36. The second-order valence-electron chi connectivity index (χ2n) is 3.04. The maximum atomic E-state index is 8.68. The fourth-order valence-electron chi connectivity index (χ4n) is 1.13. The molecule has 17 heavy (non-hydrogen) atoms. The summed E-state index contributed by atoms with van der Waals surface area (Å²) in [6.07, 6.45) is 3.17. The summed E-state index contributed by atoms with van der Waals surface area (Å²) in [4.78, 5) is 4.69. The third-order valence-corrected chi connectivity index (χ3v) is 3.02. The Hall–Kier alpha value is -2.16. The van der Waals surface area contributed by atoms with E-state index in [0.29, 0.717) is 15.6 Å². The van der Waals surface area contributed by atoms with Crippen molar-refractivity contribution in [2.24, 2.45) is 17.9 Å². The number of aromatic nitrogens is 5. The van der Waals surface area contributed by atoms with Crippen molar-refractivity contribution in [1.29, 1.82) is 0 Å². The molecule has 2 rings (SSSR count). The number of aryl methyl sites for hydroxylation is 1. The van der Waals surface area contributed by atoms with E-state index in [0.717, 1.165) is 0 Å². The lowest BCUT2D eigenvalue weighted by molar-refractivity contribution is 0.318. The predicted octanol–water partition coefficient (Wildman–Crippen LogP) is -0.149. The molecule has 3 N–H and O–H groups in total. The lowest BCUT2D eigenvalue weighted by atomic mass is 10.2. The Morgan fingerprint density at radius 1 is 1.59 bits per heavy atom. The first-order chi connectivity index (χ1) is 8.22. The Balaban J connectivity index is 2.36. The molecule has 0 aliphatic rings. The summed E-state index contributed by atoms with van der Waals surface area (Å²) in [5.74, 6) is 0.0185. The summed E-state index contributed by atoms with van der Waals surface area (Å²) in [6, 6.07) is 1.65. The summed E-state index contributed by atoms with van der Waals surface area (Å²) in [5.41, 5.74) is 6.14. The zero-order chi connectivity index (χ0) is 12.3. The van der Waals surface area contributed by atoms with Crippen LogP contribution in [-0.2, 0) is 7.05 Å². The van der Waals surface area contributed by atoms with Gasteiger partial charge < -0.3 is 10.9 Å². The fourth-order valence-corrected chi connectivity index (χ4v) is 1.97. The number of tetrazole rings is 1. The van der Waals surface area contributed by atoms with Crippen molar-refractivity contribution in [3.8, 4) is 0 Å². The molecule has 88 valence electrons. The topological polar surface area (TPSA) is 115 Å². The van der Waals surface area contributed by atoms with Gasteiger partial charge in [-0.15, -0.1) is 5.10 Å². The van der Waals surface area contributed by atoms with E-state index in [1.807, 2.05) is 0 Å². The summed E-state index contributed by atoms with van der Waals surface area (Å²) < 4.78 is 1.52. The molecule has 2 aromatic heterocycles. The van der Waals surface area contributed by atoms with Crippen LogP contribution in [0, 0.1) is 0 Å². The van der Waals surface area contributed by atoms with Gasteiger partial charge in [0.1, 0.15) is 0 Å². The Kier molecular flexibility index (Phi) is 3.19. The lowest BCUT2D eigenvalue weighted by Crippen LogP contribution is -2.14. The quantitative estimate of drug-likeness (QED) is 0.337. The minimum Gasteiger partial charge on any atom is -0.409 e. The number of rotatable bonds is 3. The van der Waals surface area contributed by atoms with Crippen LogP contribution in [0.5, 0.6) is 0 Å². The zero-order valence-electron chi connectivity index (χ0n) is 8.85. The molecule has 8 nitrogen and oxygen atoms in total. The molecule has 0 aliphatic carbocycles. The molecule has 0 atom stereocenters. The van der Waals surface area contributed by atoms with E-state index in [2.05, 4.69) is 25.7 Å². The molecule has 2 heterocycles. The minimum absolute atomic E-state index is 0.0185. The number of amidine groups is 1. The SMILES string of the molecule is Cn1nnnc1Sc1cnccc1/C(N)=N/O. The van der Waals surface area contributed by atoms with E-state index < -0.39 is 0 Å². The summed E-state index contributed by atoms with van der Waals surface area (Å²) >= 11 is 1.28. The second kappa shape index (κ2) is 4.78. The van der Waals surface area contributed by atoms with Crippen molar-refractivity contribution in [2.75, 3.05) is 0 Å². The standard InChI is InChI=1S/C8H9N7OS/c1-15-8(11-13-14-15)17-6-4-10-3-2-5(6)7(9)12-16/h2-4,16H,1H3,(H2,9,12). The van der Waals surface area contributed by atoms with Crippen LogP contribution in [0.1, 0.15) is 5.56 Å². The predicted molar refractivity (Wildman–Crippen MR) is 59.7 cm³/mol. The summed E-state index contributed by atoms with van der Waals surface area (Å²) in [6.45, 7) is 0. The van der Waals surface area contributed by atoms with Crippen LogP contribution < -0.4 is 5.73 Å². The van der Waals surface area contributed by atoms with Gasteiger partial charge in [0, 0.05) is 29.9 Å². The normalized spacial score (nSPS) is 11.7. The molecule has 0 saturated carbocycles. The van der Waals surface area contributed by atoms with Gasteiger partial charge in [0.15, 0.2) is 5.84 Å². The molecule has 0 amide bonds. The molecule has 0 aromatic carbocycles. The molecule has 0 spiro atoms. The maximum absolute atomic E-state index is 8.68. The van der Waals surface area contributed by atoms with Gasteiger partial charge in [-0.25, -0.2) is 4.68 Å². The summed E-state index contributed by atoms with van der Waals surface area (Å²) in [7, 11) is 1.72. The van der Waals surface area contributed by atoms with E-state index in [9.17, 15) is 0 Å². The van der Waals surface area contributed by atoms with Gasteiger partial charge in [0.2, 0.25) is 5.16 Å². The molecule has 2 aromatic rings. The van der Waals surface area contributed by atoms with Crippen molar-refractivity contribution >= 4 is 17.6 Å². The molecule has 0 saturated heterocycles. The highest BCUT2D eigenvalue weighted by Gasteiger charge is 2.11. The van der Waals surface area contributed by atoms with E-state index in [1.165, 1.54) is 16.4 Å².